The van der Waals surface area contributed by atoms with Gasteiger partial charge in [0, 0.05) is 13.0 Å². The van der Waals surface area contributed by atoms with Gasteiger partial charge < -0.3 is 14.2 Å². The highest BCUT2D eigenvalue weighted by atomic mass is 16.6. The van der Waals surface area contributed by atoms with Crippen molar-refractivity contribution in [1.29, 1.82) is 0 Å². The van der Waals surface area contributed by atoms with Gasteiger partial charge in [0.1, 0.15) is 6.61 Å². The van der Waals surface area contributed by atoms with Gasteiger partial charge in [0.2, 0.25) is 0 Å². The van der Waals surface area contributed by atoms with Crippen molar-refractivity contribution in [3.8, 4) is 0 Å². The van der Waals surface area contributed by atoms with E-state index < -0.39 is 6.10 Å². The number of rotatable bonds is 49. The Labute approximate surface area is 408 Å². The molecule has 0 amide bonds. The van der Waals surface area contributed by atoms with Crippen molar-refractivity contribution >= 4 is 11.9 Å². The molecule has 0 aliphatic carbocycles. The fraction of sp³-hybridized carbons (Fsp3) is 0.672. The highest BCUT2D eigenvalue weighted by Gasteiger charge is 2.17. The molecule has 0 heterocycles. The summed E-state index contributed by atoms with van der Waals surface area (Å²) >= 11 is 0. The normalized spacial score (nSPS) is 13.1. The van der Waals surface area contributed by atoms with E-state index in [0.717, 1.165) is 89.9 Å². The average Bonchev–Trinajstić information content (AvgIpc) is 3.32. The van der Waals surface area contributed by atoms with Gasteiger partial charge >= 0.3 is 11.9 Å². The minimum absolute atomic E-state index is 0.0342. The zero-order valence-corrected chi connectivity index (χ0v) is 43.2. The van der Waals surface area contributed by atoms with Crippen LogP contribution in [-0.2, 0) is 23.8 Å². The summed E-state index contributed by atoms with van der Waals surface area (Å²) in [6.07, 6.45) is 77.0. The summed E-state index contributed by atoms with van der Waals surface area (Å²) in [5.74, 6) is -0.553. The van der Waals surface area contributed by atoms with Gasteiger partial charge in [-0.15, -0.1) is 0 Å². The summed E-state index contributed by atoms with van der Waals surface area (Å²) in [6.45, 7) is 7.46. The number of unbranched alkanes of at least 4 members (excludes halogenated alkanes) is 21. The molecule has 0 N–H and O–H groups in total. The highest BCUT2D eigenvalue weighted by molar-refractivity contribution is 5.71. The van der Waals surface area contributed by atoms with Crippen LogP contribution >= 0.6 is 0 Å². The predicted octanol–water partition coefficient (Wildman–Crippen LogP) is 18.8. The van der Waals surface area contributed by atoms with Crippen molar-refractivity contribution < 1.29 is 23.8 Å². The van der Waals surface area contributed by atoms with E-state index in [0.29, 0.717) is 13.0 Å². The lowest BCUT2D eigenvalue weighted by atomic mass is 10.0. The standard InChI is InChI=1S/C61H102O5/c1-4-7-10-13-16-19-22-25-28-30-32-35-38-41-44-47-50-53-56-64-57-59(66-61(63)55-52-49-46-43-40-37-33-27-24-21-18-15-12-9-6-3)58-65-60(62)54-51-48-45-42-39-36-34-31-29-26-23-20-17-14-11-8-5-2/h7,9-10,12,16,18-19,21,25,27-28,32-33,35,40,43,49,52,59H,4-6,8,11,13-15,17,20,22-24,26,29-31,34,36-39,41-42,44-48,50-51,53-58H2,1-3H3/b10-7-,12-9-,19-16-,21-18-,28-25-,33-27-,35-32-,43-40-,52-49-. The van der Waals surface area contributed by atoms with Crippen molar-refractivity contribution in [3.63, 3.8) is 0 Å². The number of hydrogen-bond donors (Lipinski definition) is 0. The molecule has 0 bridgehead atoms. The van der Waals surface area contributed by atoms with Gasteiger partial charge in [0.25, 0.3) is 0 Å². The van der Waals surface area contributed by atoms with Crippen molar-refractivity contribution in [1.82, 2.24) is 0 Å². The third-order valence-electron chi connectivity index (χ3n) is 11.3. The fourth-order valence-electron chi connectivity index (χ4n) is 7.34. The molecule has 0 aromatic carbocycles. The summed E-state index contributed by atoms with van der Waals surface area (Å²) in [5.41, 5.74) is 0. The molecule has 66 heavy (non-hydrogen) atoms. The van der Waals surface area contributed by atoms with E-state index in [9.17, 15) is 9.59 Å². The van der Waals surface area contributed by atoms with Crippen LogP contribution in [0.15, 0.2) is 109 Å². The van der Waals surface area contributed by atoms with Crippen molar-refractivity contribution in [3.05, 3.63) is 109 Å². The SMILES string of the molecule is CC/C=C\C/C=C\C/C=C\C/C=C\C/C=C\CC(=O)OC(COCCCCCCC/C=C\C/C=C\C/C=C\C/C=C\CC)COC(=O)CCCCCCCCCCCCCCCCCCC. The molecule has 0 radical (unpaired) electrons. The summed E-state index contributed by atoms with van der Waals surface area (Å²) in [6, 6.07) is 0. The smallest absolute Gasteiger partial charge is 0.310 e. The van der Waals surface area contributed by atoms with Crippen LogP contribution in [0.5, 0.6) is 0 Å². The molecule has 0 aromatic rings. The van der Waals surface area contributed by atoms with Crippen molar-refractivity contribution in [2.75, 3.05) is 19.8 Å². The van der Waals surface area contributed by atoms with Crippen LogP contribution in [0.4, 0.5) is 0 Å². The Balaban J connectivity index is 4.41. The zero-order valence-electron chi connectivity index (χ0n) is 43.2. The van der Waals surface area contributed by atoms with Crippen LogP contribution in [-0.4, -0.2) is 37.9 Å². The molecule has 0 saturated carbocycles. The average molecular weight is 915 g/mol. The van der Waals surface area contributed by atoms with E-state index in [2.05, 4.69) is 118 Å². The van der Waals surface area contributed by atoms with Gasteiger partial charge in [-0.25, -0.2) is 0 Å². The first kappa shape index (κ1) is 62.6. The van der Waals surface area contributed by atoms with Crippen molar-refractivity contribution in [2.45, 2.75) is 245 Å². The highest BCUT2D eigenvalue weighted by Crippen LogP contribution is 2.15. The molecular weight excluding hydrogens is 813 g/mol. The van der Waals surface area contributed by atoms with Gasteiger partial charge in [-0.1, -0.05) is 252 Å². The maximum atomic E-state index is 12.8. The Hall–Kier alpha value is -3.44. The lowest BCUT2D eigenvalue weighted by Crippen LogP contribution is -2.29. The molecule has 1 unspecified atom stereocenters. The van der Waals surface area contributed by atoms with Gasteiger partial charge in [0.15, 0.2) is 6.10 Å². The molecule has 0 fully saturated rings. The van der Waals surface area contributed by atoms with Crippen LogP contribution in [0.25, 0.3) is 0 Å². The number of carbonyl (C=O) groups excluding carboxylic acids is 2. The summed E-state index contributed by atoms with van der Waals surface area (Å²) < 4.78 is 17.3. The lowest BCUT2D eigenvalue weighted by molar-refractivity contribution is -0.162. The molecule has 0 saturated heterocycles. The summed E-state index contributed by atoms with van der Waals surface area (Å²) in [7, 11) is 0. The fourth-order valence-corrected chi connectivity index (χ4v) is 7.34. The van der Waals surface area contributed by atoms with E-state index in [4.69, 9.17) is 14.2 Å². The van der Waals surface area contributed by atoms with Crippen LogP contribution < -0.4 is 0 Å². The van der Waals surface area contributed by atoms with E-state index in [1.807, 2.05) is 12.2 Å². The first-order chi connectivity index (χ1) is 32.6. The van der Waals surface area contributed by atoms with Crippen LogP contribution in [0.3, 0.4) is 0 Å². The Morgan fingerprint density at radius 1 is 0.364 bits per heavy atom. The Bertz CT molecular complexity index is 1310. The minimum Gasteiger partial charge on any atom is -0.462 e. The lowest BCUT2D eigenvalue weighted by Gasteiger charge is -2.18. The monoisotopic (exact) mass is 915 g/mol. The summed E-state index contributed by atoms with van der Waals surface area (Å²) in [4.78, 5) is 25.4. The van der Waals surface area contributed by atoms with E-state index in [1.54, 1.807) is 0 Å². The number of hydrogen-bond acceptors (Lipinski definition) is 5. The number of esters is 2. The van der Waals surface area contributed by atoms with Gasteiger partial charge in [-0.05, 0) is 83.5 Å². The van der Waals surface area contributed by atoms with Crippen LogP contribution in [0.1, 0.15) is 239 Å². The third kappa shape index (κ3) is 53.2. The molecule has 5 heteroatoms. The molecular formula is C61H102O5. The molecule has 0 rings (SSSR count). The Morgan fingerprint density at radius 2 is 0.727 bits per heavy atom. The second-order valence-electron chi connectivity index (χ2n) is 17.7. The quantitative estimate of drug-likeness (QED) is 0.0346. The Morgan fingerprint density at radius 3 is 1.17 bits per heavy atom. The maximum Gasteiger partial charge on any atom is 0.310 e. The molecule has 0 spiro atoms. The topological polar surface area (TPSA) is 61.8 Å². The zero-order chi connectivity index (χ0) is 47.7. The van der Waals surface area contributed by atoms with Gasteiger partial charge in [-0.2, -0.15) is 0 Å². The van der Waals surface area contributed by atoms with Gasteiger partial charge in [-0.3, -0.25) is 9.59 Å². The summed E-state index contributed by atoms with van der Waals surface area (Å²) in [5, 5.41) is 0. The first-order valence-electron chi connectivity index (χ1n) is 27.4. The molecule has 1 atom stereocenters. The minimum atomic E-state index is -0.606. The molecule has 0 aliphatic heterocycles. The van der Waals surface area contributed by atoms with Crippen molar-refractivity contribution in [2.24, 2.45) is 0 Å². The van der Waals surface area contributed by atoms with E-state index >= 15 is 0 Å². The van der Waals surface area contributed by atoms with E-state index in [-0.39, 0.29) is 31.6 Å². The number of carbonyl (C=O) groups is 2. The second kappa shape index (κ2) is 55.9. The van der Waals surface area contributed by atoms with Gasteiger partial charge in [0.05, 0.1) is 13.0 Å². The molecule has 5 nitrogen and oxygen atoms in total. The molecule has 376 valence electrons. The van der Waals surface area contributed by atoms with E-state index in [1.165, 1.54) is 116 Å². The Kier molecular flexibility index (Phi) is 53.0. The second-order valence-corrected chi connectivity index (χ2v) is 17.7. The third-order valence-corrected chi connectivity index (χ3v) is 11.3. The molecule has 0 aliphatic rings. The number of ether oxygens (including phenoxy) is 3. The van der Waals surface area contributed by atoms with Crippen LogP contribution in [0, 0.1) is 0 Å². The molecule has 0 aromatic heterocycles. The largest absolute Gasteiger partial charge is 0.462 e. The van der Waals surface area contributed by atoms with Crippen LogP contribution in [0.2, 0.25) is 0 Å². The number of allylic oxidation sites excluding steroid dienone is 17. The first-order valence-corrected chi connectivity index (χ1v) is 27.4. The maximum absolute atomic E-state index is 12.8. The predicted molar refractivity (Wildman–Crippen MR) is 288 cm³/mol.